The van der Waals surface area contributed by atoms with Crippen molar-refractivity contribution in [2.24, 2.45) is 0 Å². The second-order valence-corrected chi connectivity index (χ2v) is 4.77. The number of carbonyl (C=O) groups excluding carboxylic acids is 2. The van der Waals surface area contributed by atoms with Crippen LogP contribution in [0.25, 0.3) is 6.08 Å². The average molecular weight is 320 g/mol. The third kappa shape index (κ3) is 7.12. The molecule has 124 valence electrons. The van der Waals surface area contributed by atoms with Crippen molar-refractivity contribution in [3.8, 4) is 5.75 Å². The van der Waals surface area contributed by atoms with Crippen LogP contribution in [0.3, 0.4) is 0 Å². The Labute approximate surface area is 134 Å². The second kappa shape index (κ2) is 9.24. The summed E-state index contributed by atoms with van der Waals surface area (Å²) in [5, 5.41) is 13.6. The van der Waals surface area contributed by atoms with Gasteiger partial charge in [0, 0.05) is 19.9 Å². The molecule has 1 aromatic carbocycles. The number of benzene rings is 1. The first-order chi connectivity index (χ1) is 10.9. The lowest BCUT2D eigenvalue weighted by Gasteiger charge is -2.09. The first kappa shape index (κ1) is 18.2. The van der Waals surface area contributed by atoms with Crippen LogP contribution < -0.4 is 15.4 Å². The summed E-state index contributed by atoms with van der Waals surface area (Å²) >= 11 is 0. The summed E-state index contributed by atoms with van der Waals surface area (Å²) in [4.78, 5) is 33.7. The van der Waals surface area contributed by atoms with Gasteiger partial charge in [-0.3, -0.25) is 14.4 Å². The number of aliphatic carboxylic acids is 1. The predicted octanol–water partition coefficient (Wildman–Crippen LogP) is 1.15. The maximum Gasteiger partial charge on any atom is 0.303 e. The standard InChI is InChI=1S/C16H20N2O5/c1-11(19)18-14(16(22)17-9-3-4-15(20)21)10-12-5-7-13(23-2)8-6-12/h5-8,10H,3-4,9H2,1-2H3,(H,17,22)(H,18,19)(H,20,21)/b14-10+. The Morgan fingerprint density at radius 3 is 2.39 bits per heavy atom. The zero-order valence-electron chi connectivity index (χ0n) is 13.1. The van der Waals surface area contributed by atoms with Crippen molar-refractivity contribution in [2.75, 3.05) is 13.7 Å². The van der Waals surface area contributed by atoms with Crippen LogP contribution in [0, 0.1) is 0 Å². The van der Waals surface area contributed by atoms with Gasteiger partial charge in [0.15, 0.2) is 0 Å². The van der Waals surface area contributed by atoms with Crippen LogP contribution in [0.2, 0.25) is 0 Å². The van der Waals surface area contributed by atoms with E-state index >= 15 is 0 Å². The van der Waals surface area contributed by atoms with Gasteiger partial charge < -0.3 is 20.5 Å². The molecule has 0 bridgehead atoms. The molecule has 7 nitrogen and oxygen atoms in total. The lowest BCUT2D eigenvalue weighted by Crippen LogP contribution is -2.34. The summed E-state index contributed by atoms with van der Waals surface area (Å²) in [5.41, 5.74) is 0.813. The van der Waals surface area contributed by atoms with Crippen LogP contribution in [0.15, 0.2) is 30.0 Å². The van der Waals surface area contributed by atoms with Gasteiger partial charge in [-0.25, -0.2) is 0 Å². The van der Waals surface area contributed by atoms with Gasteiger partial charge in [-0.15, -0.1) is 0 Å². The molecule has 0 unspecified atom stereocenters. The molecule has 0 spiro atoms. The molecule has 0 radical (unpaired) electrons. The zero-order valence-corrected chi connectivity index (χ0v) is 13.1. The molecule has 1 aromatic rings. The minimum atomic E-state index is -0.921. The van der Waals surface area contributed by atoms with E-state index in [9.17, 15) is 14.4 Å². The van der Waals surface area contributed by atoms with Gasteiger partial charge in [-0.2, -0.15) is 0 Å². The van der Waals surface area contributed by atoms with Crippen LogP contribution in [-0.4, -0.2) is 36.5 Å². The molecule has 0 aliphatic heterocycles. The Balaban J connectivity index is 2.77. The maximum absolute atomic E-state index is 12.1. The number of ether oxygens (including phenoxy) is 1. The monoisotopic (exact) mass is 320 g/mol. The molecular formula is C16H20N2O5. The topological polar surface area (TPSA) is 105 Å². The van der Waals surface area contributed by atoms with Crippen LogP contribution in [0.5, 0.6) is 5.75 Å². The van der Waals surface area contributed by atoms with E-state index < -0.39 is 11.9 Å². The normalized spacial score (nSPS) is 10.8. The van der Waals surface area contributed by atoms with Crippen molar-refractivity contribution < 1.29 is 24.2 Å². The quantitative estimate of drug-likeness (QED) is 0.492. The smallest absolute Gasteiger partial charge is 0.303 e. The molecule has 0 saturated carbocycles. The van der Waals surface area contributed by atoms with E-state index in [2.05, 4.69) is 10.6 Å². The van der Waals surface area contributed by atoms with Crippen LogP contribution in [-0.2, 0) is 14.4 Å². The van der Waals surface area contributed by atoms with Crippen molar-refractivity contribution in [1.29, 1.82) is 0 Å². The lowest BCUT2D eigenvalue weighted by molar-refractivity contribution is -0.137. The summed E-state index contributed by atoms with van der Waals surface area (Å²) in [6.45, 7) is 1.52. The Bertz CT molecular complexity index is 593. The lowest BCUT2D eigenvalue weighted by atomic mass is 10.1. The van der Waals surface area contributed by atoms with Gasteiger partial charge in [0.2, 0.25) is 5.91 Å². The number of hydrogen-bond donors (Lipinski definition) is 3. The summed E-state index contributed by atoms with van der Waals surface area (Å²) in [6, 6.07) is 6.97. The molecule has 0 aliphatic rings. The average Bonchev–Trinajstić information content (AvgIpc) is 2.50. The van der Waals surface area contributed by atoms with Gasteiger partial charge >= 0.3 is 5.97 Å². The zero-order chi connectivity index (χ0) is 17.2. The molecule has 7 heteroatoms. The fourth-order valence-electron chi connectivity index (χ4n) is 1.75. The molecule has 0 aliphatic carbocycles. The number of rotatable bonds is 8. The van der Waals surface area contributed by atoms with E-state index in [0.29, 0.717) is 12.2 Å². The van der Waals surface area contributed by atoms with Gasteiger partial charge in [-0.05, 0) is 30.2 Å². The molecule has 0 heterocycles. The van der Waals surface area contributed by atoms with Gasteiger partial charge in [-0.1, -0.05) is 12.1 Å². The van der Waals surface area contributed by atoms with E-state index in [1.54, 1.807) is 31.4 Å². The van der Waals surface area contributed by atoms with Crippen molar-refractivity contribution >= 4 is 23.9 Å². The van der Waals surface area contributed by atoms with Crippen LogP contribution >= 0.6 is 0 Å². The van der Waals surface area contributed by atoms with E-state index in [4.69, 9.17) is 9.84 Å². The number of carboxylic acid groups (broad SMARTS) is 1. The number of carboxylic acids is 1. The molecule has 3 N–H and O–H groups in total. The third-order valence-corrected chi connectivity index (χ3v) is 2.84. The van der Waals surface area contributed by atoms with Crippen molar-refractivity contribution in [2.45, 2.75) is 19.8 Å². The summed E-state index contributed by atoms with van der Waals surface area (Å²) in [7, 11) is 1.55. The number of carbonyl (C=O) groups is 3. The Kier molecular flexibility index (Phi) is 7.32. The molecule has 0 aromatic heterocycles. The maximum atomic E-state index is 12.1. The Morgan fingerprint density at radius 2 is 1.87 bits per heavy atom. The molecule has 0 atom stereocenters. The molecular weight excluding hydrogens is 300 g/mol. The fraction of sp³-hybridized carbons (Fsp3) is 0.312. The highest BCUT2D eigenvalue weighted by Gasteiger charge is 2.11. The second-order valence-electron chi connectivity index (χ2n) is 4.77. The fourth-order valence-corrected chi connectivity index (χ4v) is 1.75. The highest BCUT2D eigenvalue weighted by atomic mass is 16.5. The summed E-state index contributed by atoms with van der Waals surface area (Å²) in [5.74, 6) is -1.08. The van der Waals surface area contributed by atoms with Gasteiger partial charge in [0.1, 0.15) is 11.4 Å². The number of methoxy groups -OCH3 is 1. The first-order valence-corrected chi connectivity index (χ1v) is 7.05. The molecule has 2 amide bonds. The van der Waals surface area contributed by atoms with E-state index in [0.717, 1.165) is 5.56 Å². The highest BCUT2D eigenvalue weighted by molar-refractivity contribution is 6.00. The number of amides is 2. The van der Waals surface area contributed by atoms with Crippen molar-refractivity contribution in [1.82, 2.24) is 10.6 Å². The van der Waals surface area contributed by atoms with E-state index in [1.165, 1.54) is 13.0 Å². The van der Waals surface area contributed by atoms with Crippen molar-refractivity contribution in [3.05, 3.63) is 35.5 Å². The minimum absolute atomic E-state index is 0.0298. The largest absolute Gasteiger partial charge is 0.497 e. The first-order valence-electron chi connectivity index (χ1n) is 7.05. The van der Waals surface area contributed by atoms with E-state index in [1.807, 2.05) is 0 Å². The Hall–Kier alpha value is -2.83. The molecule has 0 fully saturated rings. The Morgan fingerprint density at radius 1 is 1.22 bits per heavy atom. The van der Waals surface area contributed by atoms with Gasteiger partial charge in [0.25, 0.3) is 5.91 Å². The minimum Gasteiger partial charge on any atom is -0.497 e. The highest BCUT2D eigenvalue weighted by Crippen LogP contribution is 2.13. The number of hydrogen-bond acceptors (Lipinski definition) is 4. The number of nitrogens with one attached hydrogen (secondary N) is 2. The summed E-state index contributed by atoms with van der Waals surface area (Å²) in [6.07, 6.45) is 1.82. The SMILES string of the molecule is COc1ccc(/C=C(/NC(C)=O)C(=O)NCCCC(=O)O)cc1. The van der Waals surface area contributed by atoms with Crippen molar-refractivity contribution in [3.63, 3.8) is 0 Å². The molecule has 1 rings (SSSR count). The van der Waals surface area contributed by atoms with Crippen LogP contribution in [0.1, 0.15) is 25.3 Å². The third-order valence-electron chi connectivity index (χ3n) is 2.84. The van der Waals surface area contributed by atoms with E-state index in [-0.39, 0.29) is 24.6 Å². The molecule has 23 heavy (non-hydrogen) atoms. The predicted molar refractivity (Wildman–Crippen MR) is 84.7 cm³/mol. The van der Waals surface area contributed by atoms with Crippen LogP contribution in [0.4, 0.5) is 0 Å². The van der Waals surface area contributed by atoms with Gasteiger partial charge in [0.05, 0.1) is 7.11 Å². The molecule has 0 saturated heterocycles. The summed E-state index contributed by atoms with van der Waals surface area (Å²) < 4.78 is 5.05.